The Hall–Kier alpha value is -3.54. The molecule has 1 amide bonds. The fraction of sp³-hybridized carbons (Fsp3) is 0.208. The molecule has 2 aromatic heterocycles. The van der Waals surface area contributed by atoms with Gasteiger partial charge in [0, 0.05) is 18.7 Å². The van der Waals surface area contributed by atoms with E-state index < -0.39 is 0 Å². The Morgan fingerprint density at radius 2 is 1.87 bits per heavy atom. The van der Waals surface area contributed by atoms with E-state index in [0.717, 1.165) is 11.1 Å². The molecule has 6 heteroatoms. The first kappa shape index (κ1) is 19.8. The maximum absolute atomic E-state index is 13.6. The molecule has 0 aliphatic carbocycles. The first-order chi connectivity index (χ1) is 14.4. The zero-order valence-corrected chi connectivity index (χ0v) is 17.2. The maximum Gasteiger partial charge on any atom is 0.254 e. The minimum Gasteiger partial charge on any atom is -0.339 e. The van der Waals surface area contributed by atoms with Crippen molar-refractivity contribution in [2.24, 2.45) is 0 Å². The van der Waals surface area contributed by atoms with Crippen LogP contribution in [0, 0.1) is 5.82 Å². The standard InChI is InChI=1S/C24H23FN4O/c1-16(2)28(3)24(30)20-13-22(18-9-5-4-6-10-18)27-23-21(20)14-26-29(23)15-17-8-7-11-19(25)12-17/h4-14,16H,15H2,1-3H3. The molecule has 0 spiro atoms. The van der Waals surface area contributed by atoms with Gasteiger partial charge in [-0.1, -0.05) is 42.5 Å². The molecule has 4 aromatic rings. The molecule has 0 N–H and O–H groups in total. The number of amides is 1. The van der Waals surface area contributed by atoms with E-state index in [1.54, 1.807) is 28.9 Å². The Labute approximate surface area is 174 Å². The highest BCUT2D eigenvalue weighted by Gasteiger charge is 2.21. The number of rotatable bonds is 5. The van der Waals surface area contributed by atoms with Gasteiger partial charge in [0.2, 0.25) is 0 Å². The second kappa shape index (κ2) is 8.06. The number of hydrogen-bond donors (Lipinski definition) is 0. The molecule has 0 bridgehead atoms. The van der Waals surface area contributed by atoms with E-state index in [2.05, 4.69) is 5.10 Å². The van der Waals surface area contributed by atoms with Crippen LogP contribution in [0.25, 0.3) is 22.3 Å². The van der Waals surface area contributed by atoms with Crippen molar-refractivity contribution in [2.75, 3.05) is 7.05 Å². The highest BCUT2D eigenvalue weighted by atomic mass is 19.1. The van der Waals surface area contributed by atoms with Gasteiger partial charge in [-0.2, -0.15) is 5.10 Å². The number of pyridine rings is 1. The number of carbonyl (C=O) groups excluding carboxylic acids is 1. The maximum atomic E-state index is 13.6. The van der Waals surface area contributed by atoms with Gasteiger partial charge in [-0.3, -0.25) is 4.79 Å². The van der Waals surface area contributed by atoms with E-state index in [0.29, 0.717) is 28.8 Å². The van der Waals surface area contributed by atoms with Crippen molar-refractivity contribution in [3.63, 3.8) is 0 Å². The molecule has 0 saturated carbocycles. The van der Waals surface area contributed by atoms with Gasteiger partial charge in [-0.15, -0.1) is 0 Å². The largest absolute Gasteiger partial charge is 0.339 e. The first-order valence-electron chi connectivity index (χ1n) is 9.87. The summed E-state index contributed by atoms with van der Waals surface area (Å²) in [4.78, 5) is 19.7. The van der Waals surface area contributed by atoms with Crippen molar-refractivity contribution in [3.05, 3.63) is 83.8 Å². The summed E-state index contributed by atoms with van der Waals surface area (Å²) in [6.07, 6.45) is 1.66. The minimum atomic E-state index is -0.295. The van der Waals surface area contributed by atoms with Crippen LogP contribution in [0.1, 0.15) is 29.8 Å². The number of fused-ring (bicyclic) bond motifs is 1. The Bertz CT molecular complexity index is 1200. The van der Waals surface area contributed by atoms with Crippen molar-refractivity contribution < 1.29 is 9.18 Å². The fourth-order valence-corrected chi connectivity index (χ4v) is 3.33. The van der Waals surface area contributed by atoms with Crippen LogP contribution in [0.4, 0.5) is 4.39 Å². The summed E-state index contributed by atoms with van der Waals surface area (Å²) in [5, 5.41) is 5.15. The average Bonchev–Trinajstić information content (AvgIpc) is 3.15. The summed E-state index contributed by atoms with van der Waals surface area (Å²) in [7, 11) is 1.79. The van der Waals surface area contributed by atoms with Crippen LogP contribution in [0.5, 0.6) is 0 Å². The molecule has 0 fully saturated rings. The molecular weight excluding hydrogens is 379 g/mol. The second-order valence-corrected chi connectivity index (χ2v) is 7.60. The lowest BCUT2D eigenvalue weighted by Gasteiger charge is -2.22. The number of benzene rings is 2. The minimum absolute atomic E-state index is 0.0585. The zero-order chi connectivity index (χ0) is 21.3. The highest BCUT2D eigenvalue weighted by Crippen LogP contribution is 2.26. The molecule has 0 aliphatic rings. The van der Waals surface area contributed by atoms with Gasteiger partial charge in [-0.05, 0) is 37.6 Å². The summed E-state index contributed by atoms with van der Waals surface area (Å²) in [5.41, 5.74) is 3.55. The van der Waals surface area contributed by atoms with Crippen LogP contribution in [-0.4, -0.2) is 38.7 Å². The molecular formula is C24H23FN4O. The Morgan fingerprint density at radius 1 is 1.10 bits per heavy atom. The first-order valence-corrected chi connectivity index (χ1v) is 9.87. The number of hydrogen-bond acceptors (Lipinski definition) is 3. The van der Waals surface area contributed by atoms with Crippen LogP contribution in [0.15, 0.2) is 66.9 Å². The van der Waals surface area contributed by atoms with Gasteiger partial charge >= 0.3 is 0 Å². The number of nitrogens with zero attached hydrogens (tertiary/aromatic N) is 4. The quantitative estimate of drug-likeness (QED) is 0.483. The fourth-order valence-electron chi connectivity index (χ4n) is 3.33. The molecule has 2 aromatic carbocycles. The molecule has 152 valence electrons. The molecule has 0 atom stereocenters. The third kappa shape index (κ3) is 3.81. The third-order valence-electron chi connectivity index (χ3n) is 5.23. The molecule has 0 saturated heterocycles. The Balaban J connectivity index is 1.88. The molecule has 0 aliphatic heterocycles. The molecule has 4 rings (SSSR count). The molecule has 5 nitrogen and oxygen atoms in total. The predicted octanol–water partition coefficient (Wildman–Crippen LogP) is 4.77. The van der Waals surface area contributed by atoms with E-state index >= 15 is 0 Å². The molecule has 0 unspecified atom stereocenters. The molecule has 30 heavy (non-hydrogen) atoms. The SMILES string of the molecule is CC(C)N(C)C(=O)c1cc(-c2ccccc2)nc2c1cnn2Cc1cccc(F)c1. The van der Waals surface area contributed by atoms with Crippen LogP contribution < -0.4 is 0 Å². The zero-order valence-electron chi connectivity index (χ0n) is 17.2. The van der Waals surface area contributed by atoms with Crippen molar-refractivity contribution >= 4 is 16.9 Å². The van der Waals surface area contributed by atoms with E-state index in [1.165, 1.54) is 12.1 Å². The summed E-state index contributed by atoms with van der Waals surface area (Å²) in [5.74, 6) is -0.379. The summed E-state index contributed by atoms with van der Waals surface area (Å²) < 4.78 is 15.3. The van der Waals surface area contributed by atoms with Crippen molar-refractivity contribution in [3.8, 4) is 11.3 Å². The monoisotopic (exact) mass is 402 g/mol. The van der Waals surface area contributed by atoms with Gasteiger partial charge < -0.3 is 4.90 Å². The smallest absolute Gasteiger partial charge is 0.254 e. The average molecular weight is 402 g/mol. The lowest BCUT2D eigenvalue weighted by molar-refractivity contribution is 0.0757. The van der Waals surface area contributed by atoms with Crippen LogP contribution in [0.2, 0.25) is 0 Å². The summed E-state index contributed by atoms with van der Waals surface area (Å²) in [6, 6.07) is 18.0. The number of aromatic nitrogens is 3. The highest BCUT2D eigenvalue weighted by molar-refractivity contribution is 6.06. The lowest BCUT2D eigenvalue weighted by atomic mass is 10.1. The molecule has 0 radical (unpaired) electrons. The van der Waals surface area contributed by atoms with Crippen LogP contribution >= 0.6 is 0 Å². The van der Waals surface area contributed by atoms with Crippen molar-refractivity contribution in [2.45, 2.75) is 26.4 Å². The Kier molecular flexibility index (Phi) is 5.31. The third-order valence-corrected chi connectivity index (χ3v) is 5.23. The second-order valence-electron chi connectivity index (χ2n) is 7.60. The van der Waals surface area contributed by atoms with E-state index in [9.17, 15) is 9.18 Å². The van der Waals surface area contributed by atoms with Gasteiger partial charge in [0.1, 0.15) is 5.82 Å². The van der Waals surface area contributed by atoms with Crippen LogP contribution in [-0.2, 0) is 6.54 Å². The van der Waals surface area contributed by atoms with E-state index in [1.807, 2.05) is 56.3 Å². The van der Waals surface area contributed by atoms with Gasteiger partial charge in [-0.25, -0.2) is 14.1 Å². The topological polar surface area (TPSA) is 51.0 Å². The summed E-state index contributed by atoms with van der Waals surface area (Å²) in [6.45, 7) is 4.31. The Morgan fingerprint density at radius 3 is 2.57 bits per heavy atom. The van der Waals surface area contributed by atoms with Crippen molar-refractivity contribution in [1.82, 2.24) is 19.7 Å². The van der Waals surface area contributed by atoms with Gasteiger partial charge in [0.25, 0.3) is 5.91 Å². The number of halogens is 1. The lowest BCUT2D eigenvalue weighted by Crippen LogP contribution is -2.33. The molecule has 2 heterocycles. The summed E-state index contributed by atoms with van der Waals surface area (Å²) >= 11 is 0. The predicted molar refractivity (Wildman–Crippen MR) is 116 cm³/mol. The van der Waals surface area contributed by atoms with Crippen LogP contribution in [0.3, 0.4) is 0 Å². The van der Waals surface area contributed by atoms with Crippen molar-refractivity contribution in [1.29, 1.82) is 0 Å². The van der Waals surface area contributed by atoms with Gasteiger partial charge in [0.05, 0.1) is 29.4 Å². The van der Waals surface area contributed by atoms with E-state index in [4.69, 9.17) is 4.98 Å². The normalized spacial score (nSPS) is 11.2. The number of carbonyl (C=O) groups is 1. The van der Waals surface area contributed by atoms with Gasteiger partial charge in [0.15, 0.2) is 5.65 Å². The van der Waals surface area contributed by atoms with E-state index in [-0.39, 0.29) is 17.8 Å².